The molecule has 2 aromatic heterocycles. The molecule has 118 valence electrons. The quantitative estimate of drug-likeness (QED) is 0.745. The van der Waals surface area contributed by atoms with Crippen molar-refractivity contribution in [1.29, 1.82) is 0 Å². The molecule has 7 heteroatoms. The summed E-state index contributed by atoms with van der Waals surface area (Å²) in [6, 6.07) is 9.36. The van der Waals surface area contributed by atoms with Gasteiger partial charge in [-0.2, -0.15) is 16.4 Å². The Morgan fingerprint density at radius 1 is 1.26 bits per heavy atom. The van der Waals surface area contributed by atoms with E-state index in [1.165, 1.54) is 6.33 Å². The van der Waals surface area contributed by atoms with Gasteiger partial charge in [-0.3, -0.25) is 9.48 Å². The zero-order valence-corrected chi connectivity index (χ0v) is 13.8. The standard InChI is InChI=1S/C16H15ClN4OS/c17-14-3-1-12(2-4-14)16(13-6-8-23-9-13)20-15(22)5-7-21-11-18-10-19-21/h1-4,6,8-11,16H,5,7H2,(H,20,22)/t16-/m0/s1. The molecule has 0 spiro atoms. The van der Waals surface area contributed by atoms with E-state index in [4.69, 9.17) is 11.6 Å². The molecule has 0 aliphatic heterocycles. The molecule has 0 bridgehead atoms. The van der Waals surface area contributed by atoms with Gasteiger partial charge in [-0.05, 0) is 40.1 Å². The van der Waals surface area contributed by atoms with Crippen LogP contribution in [0.15, 0.2) is 53.7 Å². The summed E-state index contributed by atoms with van der Waals surface area (Å²) in [4.78, 5) is 16.2. The molecule has 0 aliphatic rings. The van der Waals surface area contributed by atoms with Crippen LogP contribution in [0.25, 0.3) is 0 Å². The summed E-state index contributed by atoms with van der Waals surface area (Å²) >= 11 is 7.56. The van der Waals surface area contributed by atoms with Crippen molar-refractivity contribution in [2.45, 2.75) is 19.0 Å². The van der Waals surface area contributed by atoms with E-state index in [2.05, 4.69) is 15.4 Å². The number of nitrogens with zero attached hydrogens (tertiary/aromatic N) is 3. The number of carbonyl (C=O) groups excluding carboxylic acids is 1. The lowest BCUT2D eigenvalue weighted by Gasteiger charge is -2.18. The second-order valence-electron chi connectivity index (χ2n) is 5.02. The predicted molar refractivity (Wildman–Crippen MR) is 90.4 cm³/mol. The van der Waals surface area contributed by atoms with E-state index in [-0.39, 0.29) is 11.9 Å². The first kappa shape index (κ1) is 15.7. The van der Waals surface area contributed by atoms with E-state index < -0.39 is 0 Å². The number of benzene rings is 1. The van der Waals surface area contributed by atoms with Crippen LogP contribution < -0.4 is 5.32 Å². The van der Waals surface area contributed by atoms with Gasteiger partial charge < -0.3 is 5.32 Å². The summed E-state index contributed by atoms with van der Waals surface area (Å²) in [5.41, 5.74) is 2.06. The summed E-state index contributed by atoms with van der Waals surface area (Å²) in [6.45, 7) is 0.503. The number of carbonyl (C=O) groups is 1. The number of aryl methyl sites for hydroxylation is 1. The van der Waals surface area contributed by atoms with E-state index in [1.807, 2.05) is 41.1 Å². The summed E-state index contributed by atoms with van der Waals surface area (Å²) in [6.07, 6.45) is 3.40. The Morgan fingerprint density at radius 3 is 2.74 bits per heavy atom. The van der Waals surface area contributed by atoms with Gasteiger partial charge in [0.2, 0.25) is 5.91 Å². The SMILES string of the molecule is O=C(CCn1cncn1)N[C@@H](c1ccc(Cl)cc1)c1ccsc1. The third-order valence-electron chi connectivity index (χ3n) is 3.42. The van der Waals surface area contributed by atoms with Crippen LogP contribution in [0.3, 0.4) is 0 Å². The first-order valence-electron chi connectivity index (χ1n) is 7.12. The van der Waals surface area contributed by atoms with E-state index >= 15 is 0 Å². The van der Waals surface area contributed by atoms with Gasteiger partial charge in [-0.15, -0.1) is 0 Å². The molecule has 23 heavy (non-hydrogen) atoms. The second-order valence-corrected chi connectivity index (χ2v) is 6.23. The Kier molecular flexibility index (Phi) is 5.05. The van der Waals surface area contributed by atoms with Crippen molar-refractivity contribution in [3.63, 3.8) is 0 Å². The smallest absolute Gasteiger partial charge is 0.222 e. The van der Waals surface area contributed by atoms with Gasteiger partial charge in [-0.1, -0.05) is 23.7 Å². The molecule has 2 heterocycles. The molecule has 1 N–H and O–H groups in total. The Hall–Kier alpha value is -2.18. The topological polar surface area (TPSA) is 59.8 Å². The molecule has 3 rings (SSSR count). The summed E-state index contributed by atoms with van der Waals surface area (Å²) in [7, 11) is 0. The number of rotatable bonds is 6. The average molecular weight is 347 g/mol. The molecule has 3 aromatic rings. The summed E-state index contributed by atoms with van der Waals surface area (Å²) < 4.78 is 1.64. The van der Waals surface area contributed by atoms with Crippen molar-refractivity contribution in [3.05, 3.63) is 69.9 Å². The largest absolute Gasteiger partial charge is 0.345 e. The van der Waals surface area contributed by atoms with Crippen LogP contribution >= 0.6 is 22.9 Å². The monoisotopic (exact) mass is 346 g/mol. The summed E-state index contributed by atoms with van der Waals surface area (Å²) in [5.74, 6) is -0.0355. The molecule has 0 unspecified atom stereocenters. The molecule has 0 fully saturated rings. The molecule has 0 saturated carbocycles. The van der Waals surface area contributed by atoms with E-state index in [1.54, 1.807) is 22.3 Å². The number of aromatic nitrogens is 3. The van der Waals surface area contributed by atoms with Crippen molar-refractivity contribution in [2.75, 3.05) is 0 Å². The van der Waals surface area contributed by atoms with E-state index in [0.29, 0.717) is 18.0 Å². The molecule has 0 saturated heterocycles. The fourth-order valence-corrected chi connectivity index (χ4v) is 3.06. The van der Waals surface area contributed by atoms with Gasteiger partial charge >= 0.3 is 0 Å². The molecule has 0 aliphatic carbocycles. The van der Waals surface area contributed by atoms with Crippen molar-refractivity contribution < 1.29 is 4.79 Å². The van der Waals surface area contributed by atoms with Crippen molar-refractivity contribution in [2.24, 2.45) is 0 Å². The van der Waals surface area contributed by atoms with Crippen molar-refractivity contribution in [1.82, 2.24) is 20.1 Å². The van der Waals surface area contributed by atoms with Gasteiger partial charge in [0.25, 0.3) is 0 Å². The number of thiophene rings is 1. The van der Waals surface area contributed by atoms with Crippen LogP contribution in [-0.4, -0.2) is 20.7 Å². The lowest BCUT2D eigenvalue weighted by atomic mass is 10.0. The minimum atomic E-state index is -0.179. The minimum Gasteiger partial charge on any atom is -0.345 e. The van der Waals surface area contributed by atoms with Crippen LogP contribution in [0.2, 0.25) is 5.02 Å². The Balaban J connectivity index is 1.71. The van der Waals surface area contributed by atoms with Gasteiger partial charge in [0, 0.05) is 11.4 Å². The molecule has 0 radical (unpaired) electrons. The molecule has 1 amide bonds. The maximum atomic E-state index is 12.3. The minimum absolute atomic E-state index is 0.0355. The highest BCUT2D eigenvalue weighted by atomic mass is 35.5. The molecule has 1 atom stereocenters. The number of amides is 1. The zero-order valence-electron chi connectivity index (χ0n) is 12.2. The van der Waals surface area contributed by atoms with Crippen LogP contribution in [0.1, 0.15) is 23.6 Å². The van der Waals surface area contributed by atoms with Gasteiger partial charge in [0.15, 0.2) is 0 Å². The normalized spacial score (nSPS) is 12.0. The number of nitrogens with one attached hydrogen (secondary N) is 1. The van der Waals surface area contributed by atoms with Crippen LogP contribution in [-0.2, 0) is 11.3 Å². The van der Waals surface area contributed by atoms with Crippen molar-refractivity contribution >= 4 is 28.8 Å². The van der Waals surface area contributed by atoms with Gasteiger partial charge in [0.1, 0.15) is 12.7 Å². The fourth-order valence-electron chi connectivity index (χ4n) is 2.25. The zero-order chi connectivity index (χ0) is 16.1. The maximum absolute atomic E-state index is 12.3. The van der Waals surface area contributed by atoms with Crippen molar-refractivity contribution in [3.8, 4) is 0 Å². The molecular weight excluding hydrogens is 332 g/mol. The van der Waals surface area contributed by atoms with Crippen LogP contribution in [0, 0.1) is 0 Å². The number of hydrogen-bond acceptors (Lipinski definition) is 4. The predicted octanol–water partition coefficient (Wildman–Crippen LogP) is 3.29. The molecule has 1 aromatic carbocycles. The first-order chi connectivity index (χ1) is 11.2. The lowest BCUT2D eigenvalue weighted by molar-refractivity contribution is -0.121. The molecule has 5 nitrogen and oxygen atoms in total. The highest BCUT2D eigenvalue weighted by Crippen LogP contribution is 2.25. The highest BCUT2D eigenvalue weighted by molar-refractivity contribution is 7.08. The van der Waals surface area contributed by atoms with E-state index in [9.17, 15) is 4.79 Å². The second kappa shape index (κ2) is 7.39. The number of hydrogen-bond donors (Lipinski definition) is 1. The first-order valence-corrected chi connectivity index (χ1v) is 8.44. The van der Waals surface area contributed by atoms with E-state index in [0.717, 1.165) is 11.1 Å². The van der Waals surface area contributed by atoms with Crippen LogP contribution in [0.5, 0.6) is 0 Å². The van der Waals surface area contributed by atoms with Gasteiger partial charge in [0.05, 0.1) is 12.6 Å². The fraction of sp³-hybridized carbons (Fsp3) is 0.188. The number of halogens is 1. The maximum Gasteiger partial charge on any atom is 0.222 e. The Morgan fingerprint density at radius 2 is 2.09 bits per heavy atom. The Bertz CT molecular complexity index is 741. The lowest BCUT2D eigenvalue weighted by Crippen LogP contribution is -2.29. The van der Waals surface area contributed by atoms with Crippen LogP contribution in [0.4, 0.5) is 0 Å². The highest BCUT2D eigenvalue weighted by Gasteiger charge is 2.17. The average Bonchev–Trinajstić information content (AvgIpc) is 3.25. The third kappa shape index (κ3) is 4.18. The molecular formula is C16H15ClN4OS. The summed E-state index contributed by atoms with van der Waals surface area (Å²) in [5, 5.41) is 11.8. The van der Waals surface area contributed by atoms with Gasteiger partial charge in [-0.25, -0.2) is 4.98 Å². The Labute approximate surface area is 142 Å². The third-order valence-corrected chi connectivity index (χ3v) is 4.37.